The minimum absolute atomic E-state index is 0.168. The second kappa shape index (κ2) is 5.42. The summed E-state index contributed by atoms with van der Waals surface area (Å²) in [5, 5.41) is 23.0. The summed E-state index contributed by atoms with van der Waals surface area (Å²) in [5.41, 5.74) is 0.641. The van der Waals surface area contributed by atoms with Crippen LogP contribution in [-0.2, 0) is 0 Å². The van der Waals surface area contributed by atoms with Gasteiger partial charge < -0.3 is 5.11 Å². The standard InChI is InChI=1S/C14H11BrN4OS/c1-8-17-18-14(21)19(8)16-7-12-11-4-3-10(15)6-9(11)2-5-13(12)20/h2-7,20H,1H3,(H,18,21)/b16-7-. The molecule has 2 N–H and O–H groups in total. The van der Waals surface area contributed by atoms with E-state index in [0.29, 0.717) is 16.2 Å². The topological polar surface area (TPSA) is 66.2 Å². The molecule has 3 rings (SSSR count). The first-order chi connectivity index (χ1) is 10.1. The molecule has 0 amide bonds. The van der Waals surface area contributed by atoms with Crippen LogP contribution in [0, 0.1) is 11.7 Å². The van der Waals surface area contributed by atoms with Gasteiger partial charge in [-0.25, -0.2) is 0 Å². The number of hydrogen-bond donors (Lipinski definition) is 2. The van der Waals surface area contributed by atoms with E-state index in [0.717, 1.165) is 15.2 Å². The van der Waals surface area contributed by atoms with E-state index >= 15 is 0 Å². The van der Waals surface area contributed by atoms with Gasteiger partial charge in [0.1, 0.15) is 11.6 Å². The van der Waals surface area contributed by atoms with Crippen molar-refractivity contribution in [2.24, 2.45) is 5.10 Å². The lowest BCUT2D eigenvalue weighted by Crippen LogP contribution is -1.95. The van der Waals surface area contributed by atoms with Crippen LogP contribution in [0.3, 0.4) is 0 Å². The molecule has 0 unspecified atom stereocenters. The van der Waals surface area contributed by atoms with Gasteiger partial charge >= 0.3 is 0 Å². The van der Waals surface area contributed by atoms with Gasteiger partial charge in [0.25, 0.3) is 0 Å². The zero-order valence-corrected chi connectivity index (χ0v) is 13.4. The molecule has 0 atom stereocenters. The Morgan fingerprint density at radius 3 is 2.90 bits per heavy atom. The number of halogens is 1. The summed E-state index contributed by atoms with van der Waals surface area (Å²) in [6, 6.07) is 9.36. The van der Waals surface area contributed by atoms with Gasteiger partial charge in [0.15, 0.2) is 0 Å². The Hall–Kier alpha value is -1.99. The van der Waals surface area contributed by atoms with Crippen molar-refractivity contribution in [2.45, 2.75) is 6.92 Å². The predicted octanol–water partition coefficient (Wildman–Crippen LogP) is 3.75. The highest BCUT2D eigenvalue weighted by atomic mass is 79.9. The van der Waals surface area contributed by atoms with E-state index < -0.39 is 0 Å². The monoisotopic (exact) mass is 362 g/mol. The van der Waals surface area contributed by atoms with Gasteiger partial charge in [-0.15, -0.1) is 0 Å². The fourth-order valence-corrected chi connectivity index (χ4v) is 2.67. The van der Waals surface area contributed by atoms with Gasteiger partial charge in [-0.3, -0.25) is 5.10 Å². The molecular formula is C14H11BrN4OS. The number of nitrogens with one attached hydrogen (secondary N) is 1. The van der Waals surface area contributed by atoms with Crippen LogP contribution in [-0.4, -0.2) is 26.2 Å². The maximum absolute atomic E-state index is 10.1. The molecule has 0 aliphatic heterocycles. The third kappa shape index (κ3) is 2.62. The summed E-state index contributed by atoms with van der Waals surface area (Å²) in [6.45, 7) is 1.80. The fourth-order valence-electron chi connectivity index (χ4n) is 2.07. The minimum Gasteiger partial charge on any atom is -0.507 e. The number of H-pyrrole nitrogens is 1. The molecular weight excluding hydrogens is 352 g/mol. The van der Waals surface area contributed by atoms with Crippen molar-refractivity contribution in [3.05, 3.63) is 51.0 Å². The van der Waals surface area contributed by atoms with Crippen molar-refractivity contribution in [3.63, 3.8) is 0 Å². The second-order valence-electron chi connectivity index (χ2n) is 4.50. The molecule has 0 fully saturated rings. The number of aromatic amines is 1. The molecule has 106 valence electrons. The molecule has 5 nitrogen and oxygen atoms in total. The molecule has 3 aromatic rings. The number of nitrogens with zero attached hydrogens (tertiary/aromatic N) is 3. The van der Waals surface area contributed by atoms with Gasteiger partial charge in [0.2, 0.25) is 4.77 Å². The zero-order valence-electron chi connectivity index (χ0n) is 11.0. The van der Waals surface area contributed by atoms with E-state index in [1.165, 1.54) is 4.68 Å². The van der Waals surface area contributed by atoms with Gasteiger partial charge in [-0.2, -0.15) is 14.9 Å². The first-order valence-electron chi connectivity index (χ1n) is 6.16. The first kappa shape index (κ1) is 14.0. The molecule has 0 saturated heterocycles. The Morgan fingerprint density at radius 2 is 2.19 bits per heavy atom. The Kier molecular flexibility index (Phi) is 3.60. The first-order valence-corrected chi connectivity index (χ1v) is 7.36. The highest BCUT2D eigenvalue weighted by Gasteiger charge is 2.06. The number of aromatic hydroxyl groups is 1. The largest absolute Gasteiger partial charge is 0.507 e. The highest BCUT2D eigenvalue weighted by molar-refractivity contribution is 9.10. The predicted molar refractivity (Wildman–Crippen MR) is 88.5 cm³/mol. The number of rotatable bonds is 2. The summed E-state index contributed by atoms with van der Waals surface area (Å²) in [7, 11) is 0. The maximum Gasteiger partial charge on any atom is 0.216 e. The van der Waals surface area contributed by atoms with Crippen LogP contribution in [0.15, 0.2) is 39.9 Å². The zero-order chi connectivity index (χ0) is 15.0. The van der Waals surface area contributed by atoms with Crippen LogP contribution in [0.25, 0.3) is 10.8 Å². The number of aromatic nitrogens is 3. The summed E-state index contributed by atoms with van der Waals surface area (Å²) < 4.78 is 2.90. The van der Waals surface area contributed by atoms with Gasteiger partial charge in [0.05, 0.1) is 6.21 Å². The van der Waals surface area contributed by atoms with E-state index in [4.69, 9.17) is 12.2 Å². The molecule has 1 aromatic heterocycles. The smallest absolute Gasteiger partial charge is 0.216 e. The molecule has 0 aliphatic rings. The molecule has 7 heteroatoms. The lowest BCUT2D eigenvalue weighted by Gasteiger charge is -2.05. The third-order valence-electron chi connectivity index (χ3n) is 3.12. The Morgan fingerprint density at radius 1 is 1.38 bits per heavy atom. The molecule has 1 heterocycles. The number of phenolic OH excluding ortho intramolecular Hbond substituents is 1. The van der Waals surface area contributed by atoms with Crippen LogP contribution in [0.4, 0.5) is 0 Å². The molecule has 0 radical (unpaired) electrons. The maximum atomic E-state index is 10.1. The van der Waals surface area contributed by atoms with E-state index in [1.807, 2.05) is 24.3 Å². The highest BCUT2D eigenvalue weighted by Crippen LogP contribution is 2.28. The van der Waals surface area contributed by atoms with Crippen LogP contribution in [0.1, 0.15) is 11.4 Å². The van der Waals surface area contributed by atoms with Crippen LogP contribution >= 0.6 is 28.1 Å². The average molecular weight is 363 g/mol. The van der Waals surface area contributed by atoms with Crippen molar-refractivity contribution in [1.29, 1.82) is 0 Å². The summed E-state index contributed by atoms with van der Waals surface area (Å²) >= 11 is 8.54. The number of aryl methyl sites for hydroxylation is 1. The van der Waals surface area contributed by atoms with E-state index in [1.54, 1.807) is 19.2 Å². The molecule has 2 aromatic carbocycles. The second-order valence-corrected chi connectivity index (χ2v) is 5.80. The SMILES string of the molecule is Cc1n[nH]c(=S)n1/N=C\c1c(O)ccc2cc(Br)ccc12. The molecule has 0 spiro atoms. The van der Waals surface area contributed by atoms with Crippen LogP contribution in [0.2, 0.25) is 0 Å². The Bertz CT molecular complexity index is 913. The van der Waals surface area contributed by atoms with Crippen LogP contribution in [0.5, 0.6) is 5.75 Å². The van der Waals surface area contributed by atoms with Crippen molar-refractivity contribution < 1.29 is 5.11 Å². The number of hydrogen-bond acceptors (Lipinski definition) is 4. The van der Waals surface area contributed by atoms with Crippen molar-refractivity contribution in [3.8, 4) is 5.75 Å². The molecule has 0 bridgehead atoms. The summed E-state index contributed by atoms with van der Waals surface area (Å²) in [6.07, 6.45) is 1.59. The number of phenols is 1. The molecule has 21 heavy (non-hydrogen) atoms. The Balaban J connectivity index is 2.16. The minimum atomic E-state index is 0.168. The normalized spacial score (nSPS) is 11.5. The summed E-state index contributed by atoms with van der Waals surface area (Å²) in [4.78, 5) is 0. The van der Waals surface area contributed by atoms with Gasteiger partial charge in [-0.05, 0) is 48.1 Å². The van der Waals surface area contributed by atoms with Crippen LogP contribution < -0.4 is 0 Å². The summed E-state index contributed by atoms with van der Waals surface area (Å²) in [5.74, 6) is 0.819. The van der Waals surface area contributed by atoms with E-state index in [9.17, 15) is 5.11 Å². The number of fused-ring (bicyclic) bond motifs is 1. The lowest BCUT2D eigenvalue weighted by atomic mass is 10.0. The average Bonchev–Trinajstić information content (AvgIpc) is 2.77. The van der Waals surface area contributed by atoms with E-state index in [2.05, 4.69) is 31.2 Å². The number of benzene rings is 2. The quantitative estimate of drug-likeness (QED) is 0.538. The van der Waals surface area contributed by atoms with E-state index in [-0.39, 0.29) is 5.75 Å². The van der Waals surface area contributed by atoms with Crippen molar-refractivity contribution in [2.75, 3.05) is 0 Å². The Labute approximate surface area is 134 Å². The van der Waals surface area contributed by atoms with Crippen molar-refractivity contribution >= 4 is 45.1 Å². The molecule has 0 saturated carbocycles. The van der Waals surface area contributed by atoms with Gasteiger partial charge in [0, 0.05) is 10.0 Å². The fraction of sp³-hybridized carbons (Fsp3) is 0.0714. The molecule has 0 aliphatic carbocycles. The third-order valence-corrected chi connectivity index (χ3v) is 3.87. The van der Waals surface area contributed by atoms with Gasteiger partial charge in [-0.1, -0.05) is 28.1 Å². The lowest BCUT2D eigenvalue weighted by molar-refractivity contribution is 0.475. The van der Waals surface area contributed by atoms with Crippen molar-refractivity contribution in [1.82, 2.24) is 14.9 Å².